The zero-order chi connectivity index (χ0) is 43.7. The predicted molar refractivity (Wildman–Crippen MR) is 270 cm³/mol. The molecular weight excluding hydrogens is 807 g/mol. The zero-order valence-corrected chi connectivity index (χ0v) is 36.2. The van der Waals surface area contributed by atoms with Crippen molar-refractivity contribution in [3.8, 4) is 56.7 Å². The Morgan fingerprint density at radius 1 is 0.394 bits per heavy atom. The maximum atomic E-state index is 6.57. The van der Waals surface area contributed by atoms with Gasteiger partial charge in [-0.1, -0.05) is 172 Å². The first-order valence-corrected chi connectivity index (χ1v) is 22.5. The second-order valence-electron chi connectivity index (χ2n) is 18.0. The Bertz CT molecular complexity index is 4140. The van der Waals surface area contributed by atoms with E-state index in [1.807, 2.05) is 24.3 Å². The van der Waals surface area contributed by atoms with Crippen LogP contribution in [0.1, 0.15) is 25.0 Å². The molecule has 13 aromatic rings. The van der Waals surface area contributed by atoms with Crippen LogP contribution in [0.25, 0.3) is 122 Å². The fourth-order valence-corrected chi connectivity index (χ4v) is 10.9. The van der Waals surface area contributed by atoms with Crippen LogP contribution in [0.3, 0.4) is 0 Å². The van der Waals surface area contributed by atoms with E-state index in [2.05, 4.69) is 199 Å². The molecule has 0 atom stereocenters. The van der Waals surface area contributed by atoms with E-state index in [-0.39, 0.29) is 5.41 Å². The Morgan fingerprint density at radius 3 is 1.77 bits per heavy atom. The molecule has 14 rings (SSSR count). The van der Waals surface area contributed by atoms with Crippen LogP contribution in [-0.4, -0.2) is 24.1 Å². The Morgan fingerprint density at radius 2 is 1.00 bits per heavy atom. The van der Waals surface area contributed by atoms with Crippen molar-refractivity contribution in [1.82, 2.24) is 24.1 Å². The second-order valence-corrected chi connectivity index (χ2v) is 18.0. The number of aromatic nitrogens is 5. The summed E-state index contributed by atoms with van der Waals surface area (Å²) in [6, 6.07) is 71.1. The Hall–Kier alpha value is -8.61. The Balaban J connectivity index is 1.07. The topological polar surface area (TPSA) is 61.7 Å². The number of rotatable bonds is 5. The largest absolute Gasteiger partial charge is 0.456 e. The standard InChI is InChI=1S/C60H39N5O/c1-60(2)48-24-12-9-22-45(48)54-46(23-15-25-49(54)60)58-61-57(37-18-7-4-8-19-37)62-59(63-58)65-51-27-14-11-21-41(51)44-32-31-43-40-20-10-13-26-50(40)64(55(43)56(44)65)39-29-33-52-47(35-39)42-30-28-38(34-53(42)66-52)36-16-5-3-6-17-36/h3-35H,1-2H3. The van der Waals surface area contributed by atoms with E-state index < -0.39 is 0 Å². The molecule has 6 heteroatoms. The summed E-state index contributed by atoms with van der Waals surface area (Å²) in [5.74, 6) is 1.81. The number of hydrogen-bond acceptors (Lipinski definition) is 4. The summed E-state index contributed by atoms with van der Waals surface area (Å²) in [6.45, 7) is 4.62. The van der Waals surface area contributed by atoms with E-state index in [9.17, 15) is 0 Å². The first kappa shape index (κ1) is 36.8. The second kappa shape index (κ2) is 13.7. The first-order chi connectivity index (χ1) is 32.5. The van der Waals surface area contributed by atoms with E-state index >= 15 is 0 Å². The normalized spacial score (nSPS) is 13.1. The van der Waals surface area contributed by atoms with Crippen LogP contribution in [0.15, 0.2) is 205 Å². The molecule has 0 radical (unpaired) electrons. The van der Waals surface area contributed by atoms with E-state index in [1.54, 1.807) is 0 Å². The average Bonchev–Trinajstić information content (AvgIpc) is 4.09. The average molecular weight is 846 g/mol. The van der Waals surface area contributed by atoms with Gasteiger partial charge >= 0.3 is 0 Å². The Kier molecular flexibility index (Phi) is 7.64. The number of furan rings is 1. The van der Waals surface area contributed by atoms with E-state index in [1.165, 1.54) is 27.6 Å². The molecule has 4 heterocycles. The van der Waals surface area contributed by atoms with Crippen LogP contribution in [-0.2, 0) is 5.41 Å². The minimum atomic E-state index is -0.178. The maximum absolute atomic E-state index is 6.57. The lowest BCUT2D eigenvalue weighted by Gasteiger charge is -2.21. The number of nitrogens with zero attached hydrogens (tertiary/aromatic N) is 5. The lowest BCUT2D eigenvalue weighted by Crippen LogP contribution is -2.14. The molecule has 9 aromatic carbocycles. The molecule has 4 aromatic heterocycles. The van der Waals surface area contributed by atoms with Crippen molar-refractivity contribution in [2.75, 3.05) is 0 Å². The molecule has 0 saturated carbocycles. The molecule has 310 valence electrons. The number of benzene rings is 9. The van der Waals surface area contributed by atoms with Gasteiger partial charge in [-0.25, -0.2) is 4.98 Å². The van der Waals surface area contributed by atoms with Crippen molar-refractivity contribution in [3.05, 3.63) is 211 Å². The van der Waals surface area contributed by atoms with Gasteiger partial charge in [-0.3, -0.25) is 4.57 Å². The van der Waals surface area contributed by atoms with Crippen LogP contribution in [0, 0.1) is 0 Å². The lowest BCUT2D eigenvalue weighted by molar-refractivity contribution is 0.660. The molecule has 66 heavy (non-hydrogen) atoms. The summed E-state index contributed by atoms with van der Waals surface area (Å²) in [7, 11) is 0. The fourth-order valence-electron chi connectivity index (χ4n) is 10.9. The van der Waals surface area contributed by atoms with Crippen LogP contribution in [0.5, 0.6) is 0 Å². The van der Waals surface area contributed by atoms with Crippen molar-refractivity contribution < 1.29 is 4.42 Å². The monoisotopic (exact) mass is 845 g/mol. The molecule has 0 N–H and O–H groups in total. The lowest BCUT2D eigenvalue weighted by atomic mass is 9.82. The first-order valence-electron chi connectivity index (χ1n) is 22.5. The summed E-state index contributed by atoms with van der Waals surface area (Å²) >= 11 is 0. The molecule has 0 aliphatic heterocycles. The maximum Gasteiger partial charge on any atom is 0.238 e. The molecule has 0 unspecified atom stereocenters. The highest BCUT2D eigenvalue weighted by molar-refractivity contribution is 6.24. The molecule has 0 bridgehead atoms. The summed E-state index contributed by atoms with van der Waals surface area (Å²) < 4.78 is 11.3. The SMILES string of the molecule is CC1(C)c2ccccc2-c2c(-c3nc(-c4ccccc4)nc(-n4c5ccccc5c5ccc6c7ccccc7n(-c7ccc8oc9cc(-c%10ccccc%10)ccc9c8c7)c6c54)n3)cccc21. The van der Waals surface area contributed by atoms with Crippen molar-refractivity contribution in [2.45, 2.75) is 19.3 Å². The summed E-state index contributed by atoms with van der Waals surface area (Å²) in [5, 5.41) is 6.69. The van der Waals surface area contributed by atoms with Gasteiger partial charge in [0.2, 0.25) is 5.95 Å². The van der Waals surface area contributed by atoms with Gasteiger partial charge in [-0.15, -0.1) is 0 Å². The molecule has 6 nitrogen and oxygen atoms in total. The van der Waals surface area contributed by atoms with Crippen molar-refractivity contribution in [2.24, 2.45) is 0 Å². The summed E-state index contributed by atoms with van der Waals surface area (Å²) in [5.41, 5.74) is 16.0. The van der Waals surface area contributed by atoms with Crippen molar-refractivity contribution in [1.29, 1.82) is 0 Å². The van der Waals surface area contributed by atoms with Crippen LogP contribution < -0.4 is 0 Å². The van der Waals surface area contributed by atoms with E-state index in [4.69, 9.17) is 19.4 Å². The quantitative estimate of drug-likeness (QED) is 0.173. The Labute approximate surface area is 379 Å². The molecule has 0 spiro atoms. The highest BCUT2D eigenvalue weighted by atomic mass is 16.3. The molecule has 0 saturated heterocycles. The minimum Gasteiger partial charge on any atom is -0.456 e. The third kappa shape index (κ3) is 5.21. The molecule has 0 fully saturated rings. The minimum absolute atomic E-state index is 0.178. The number of hydrogen-bond donors (Lipinski definition) is 0. The number of fused-ring (bicyclic) bond motifs is 13. The van der Waals surface area contributed by atoms with Gasteiger partial charge in [0.1, 0.15) is 11.2 Å². The van der Waals surface area contributed by atoms with Gasteiger partial charge in [0.05, 0.1) is 22.1 Å². The van der Waals surface area contributed by atoms with Gasteiger partial charge in [0, 0.05) is 54.5 Å². The third-order valence-electron chi connectivity index (χ3n) is 14.0. The number of para-hydroxylation sites is 2. The van der Waals surface area contributed by atoms with Crippen LogP contribution in [0.2, 0.25) is 0 Å². The highest BCUT2D eigenvalue weighted by Gasteiger charge is 2.37. The molecular formula is C60H39N5O. The molecule has 1 aliphatic rings. The van der Waals surface area contributed by atoms with Gasteiger partial charge in [0.25, 0.3) is 0 Å². The van der Waals surface area contributed by atoms with Gasteiger partial charge in [-0.2, -0.15) is 9.97 Å². The van der Waals surface area contributed by atoms with E-state index in [0.717, 1.165) is 88.1 Å². The molecule has 1 aliphatic carbocycles. The van der Waals surface area contributed by atoms with Gasteiger partial charge < -0.3 is 8.98 Å². The van der Waals surface area contributed by atoms with Crippen molar-refractivity contribution >= 4 is 65.6 Å². The van der Waals surface area contributed by atoms with Crippen molar-refractivity contribution in [3.63, 3.8) is 0 Å². The summed E-state index contributed by atoms with van der Waals surface area (Å²) in [6.07, 6.45) is 0. The van der Waals surface area contributed by atoms with Gasteiger partial charge in [0.15, 0.2) is 11.6 Å². The smallest absolute Gasteiger partial charge is 0.238 e. The zero-order valence-electron chi connectivity index (χ0n) is 36.2. The van der Waals surface area contributed by atoms with E-state index in [0.29, 0.717) is 17.6 Å². The predicted octanol–water partition coefficient (Wildman–Crippen LogP) is 15.3. The summed E-state index contributed by atoms with van der Waals surface area (Å²) in [4.78, 5) is 16.3. The third-order valence-corrected chi connectivity index (χ3v) is 14.0. The fraction of sp³-hybridized carbons (Fsp3) is 0.0500. The molecule has 0 amide bonds. The highest BCUT2D eigenvalue weighted by Crippen LogP contribution is 2.52. The van der Waals surface area contributed by atoms with Crippen LogP contribution in [0.4, 0.5) is 0 Å². The van der Waals surface area contributed by atoms with Gasteiger partial charge in [-0.05, 0) is 75.8 Å². The van der Waals surface area contributed by atoms with Crippen LogP contribution >= 0.6 is 0 Å².